The molecule has 162 valence electrons. The van der Waals surface area contributed by atoms with Crippen molar-refractivity contribution in [2.75, 3.05) is 0 Å². The maximum atomic E-state index is 2.36. The van der Waals surface area contributed by atoms with Gasteiger partial charge in [0.2, 0.25) is 0 Å². The quantitative estimate of drug-likeness (QED) is 0.230. The van der Waals surface area contributed by atoms with E-state index in [1.54, 1.807) is 10.6 Å². The molecule has 0 radical (unpaired) electrons. The topological polar surface area (TPSA) is 0 Å². The normalized spacial score (nSPS) is 27.4. The fourth-order valence-electron chi connectivity index (χ4n) is 5.44. The van der Waals surface area contributed by atoms with Crippen LogP contribution in [-0.4, -0.2) is 22.6 Å². The van der Waals surface area contributed by atoms with Gasteiger partial charge >= 0.3 is 17.1 Å². The summed E-state index contributed by atoms with van der Waals surface area (Å²) in [6, 6.07) is 18.2. The molecule has 2 aromatic carbocycles. The van der Waals surface area contributed by atoms with Crippen LogP contribution >= 0.6 is 15.8 Å². The van der Waals surface area contributed by atoms with Crippen molar-refractivity contribution >= 4 is 26.5 Å². The maximum absolute atomic E-state index is 2.36. The first kappa shape index (κ1) is 25.3. The zero-order valence-electron chi connectivity index (χ0n) is 18.8. The minimum atomic E-state index is 0. The molecule has 2 aromatic rings. The smallest absolute Gasteiger partial charge is 0.213 e. The van der Waals surface area contributed by atoms with Gasteiger partial charge in [0.15, 0.2) is 0 Å². The van der Waals surface area contributed by atoms with Gasteiger partial charge in [-0.2, -0.15) is 24.3 Å². The van der Waals surface area contributed by atoms with E-state index in [0.717, 1.165) is 22.6 Å². The fraction of sp³-hybridized carbons (Fsp3) is 0.615. The van der Waals surface area contributed by atoms with Crippen LogP contribution in [0.2, 0.25) is 0 Å². The molecule has 0 saturated carbocycles. The maximum Gasteiger partial charge on any atom is 2.00 e. The third kappa shape index (κ3) is 6.07. The van der Waals surface area contributed by atoms with Gasteiger partial charge in [-0.15, -0.1) is 10.6 Å². The van der Waals surface area contributed by atoms with E-state index < -0.39 is 0 Å². The van der Waals surface area contributed by atoms with Crippen molar-refractivity contribution in [3.05, 3.63) is 48.5 Å². The van der Waals surface area contributed by atoms with Crippen LogP contribution in [0, 0.1) is 0 Å². The Morgan fingerprint density at radius 1 is 0.655 bits per heavy atom. The van der Waals surface area contributed by atoms with Crippen molar-refractivity contribution in [2.45, 2.75) is 102 Å². The molecule has 2 aliphatic rings. The molecule has 2 fully saturated rings. The zero-order valence-corrected chi connectivity index (χ0v) is 21.7. The first-order chi connectivity index (χ1) is 13.7. The number of rotatable bonds is 6. The van der Waals surface area contributed by atoms with Crippen molar-refractivity contribution in [1.82, 2.24) is 0 Å². The second-order valence-corrected chi connectivity index (χ2v) is 14.1. The third-order valence-corrected chi connectivity index (χ3v) is 14.4. The van der Waals surface area contributed by atoms with Gasteiger partial charge in [-0.3, -0.25) is 0 Å². The zero-order chi connectivity index (χ0) is 19.9. The SMILES string of the molecule is CC[C@@H]1CC[C@@H](CC)P1c1ccc[cH-]1.CC[C@@H]1CC[C@@H](CC)P1c1ccc[cH-]1.[Fe+2]. The minimum absolute atomic E-state index is 0. The van der Waals surface area contributed by atoms with E-state index in [2.05, 4.69) is 76.2 Å². The molecule has 0 aromatic heterocycles. The predicted octanol–water partition coefficient (Wildman–Crippen LogP) is 7.72. The first-order valence-corrected chi connectivity index (χ1v) is 14.7. The van der Waals surface area contributed by atoms with Gasteiger partial charge in [0.1, 0.15) is 0 Å². The largest absolute Gasteiger partial charge is 2.00 e. The van der Waals surface area contributed by atoms with Crippen molar-refractivity contribution in [3.63, 3.8) is 0 Å². The Labute approximate surface area is 193 Å². The summed E-state index contributed by atoms with van der Waals surface area (Å²) in [6.45, 7) is 9.45. The summed E-state index contributed by atoms with van der Waals surface area (Å²) in [7, 11) is 0.340. The van der Waals surface area contributed by atoms with E-state index in [4.69, 9.17) is 0 Å². The van der Waals surface area contributed by atoms with Crippen LogP contribution in [0.4, 0.5) is 0 Å². The Hall–Kier alpha value is 0.0795. The molecule has 0 N–H and O–H groups in total. The summed E-state index contributed by atoms with van der Waals surface area (Å²) >= 11 is 0. The van der Waals surface area contributed by atoms with Gasteiger partial charge in [-0.1, -0.05) is 43.5 Å². The third-order valence-electron chi connectivity index (χ3n) is 7.01. The molecule has 0 bridgehead atoms. The molecular formula is C26H40FeP2. The average Bonchev–Trinajstić information content (AvgIpc) is 3.52. The van der Waals surface area contributed by atoms with Gasteiger partial charge in [0.25, 0.3) is 0 Å². The standard InChI is InChI=1S/2C13H20P.Fe/c2*1-3-11-9-10-12(4-2)14(11)13-7-5-6-8-13;/h2*5-8,11-12H,3-4,9-10H2,1-2H3;/q2*-1;+2/t2*11-,12-;/m11./s1. The molecule has 4 atom stereocenters. The summed E-state index contributed by atoms with van der Waals surface area (Å²) in [4.78, 5) is 0. The van der Waals surface area contributed by atoms with Gasteiger partial charge < -0.3 is 0 Å². The number of hydrogen-bond acceptors (Lipinski definition) is 0. The van der Waals surface area contributed by atoms with E-state index in [-0.39, 0.29) is 32.9 Å². The minimum Gasteiger partial charge on any atom is -0.213 e. The van der Waals surface area contributed by atoms with E-state index in [1.165, 1.54) is 51.4 Å². The Morgan fingerprint density at radius 2 is 0.966 bits per heavy atom. The molecule has 4 rings (SSSR count). The molecule has 2 heterocycles. The van der Waals surface area contributed by atoms with Gasteiger partial charge in [-0.25, -0.2) is 24.3 Å². The molecule has 2 aliphatic heterocycles. The first-order valence-electron chi connectivity index (χ1n) is 11.7. The predicted molar refractivity (Wildman–Crippen MR) is 132 cm³/mol. The second kappa shape index (κ2) is 12.8. The fourth-order valence-corrected chi connectivity index (χ4v) is 12.6. The Balaban J connectivity index is 0.000000200. The van der Waals surface area contributed by atoms with E-state index in [9.17, 15) is 0 Å². The van der Waals surface area contributed by atoms with Gasteiger partial charge in [0, 0.05) is 0 Å². The van der Waals surface area contributed by atoms with Gasteiger partial charge in [-0.05, 0) is 74.0 Å². The van der Waals surface area contributed by atoms with Crippen LogP contribution in [0.3, 0.4) is 0 Å². The molecule has 0 amide bonds. The van der Waals surface area contributed by atoms with E-state index >= 15 is 0 Å². The summed E-state index contributed by atoms with van der Waals surface area (Å²) < 4.78 is 0. The van der Waals surface area contributed by atoms with Crippen LogP contribution in [0.25, 0.3) is 0 Å². The Bertz CT molecular complexity index is 566. The monoisotopic (exact) mass is 470 g/mol. The molecule has 3 heteroatoms. The summed E-state index contributed by atoms with van der Waals surface area (Å²) in [5.74, 6) is 0. The summed E-state index contributed by atoms with van der Waals surface area (Å²) in [5, 5.41) is 3.33. The summed E-state index contributed by atoms with van der Waals surface area (Å²) in [6.07, 6.45) is 11.4. The van der Waals surface area contributed by atoms with Crippen LogP contribution in [0.15, 0.2) is 48.5 Å². The Kier molecular flexibility index (Phi) is 11.2. The molecule has 29 heavy (non-hydrogen) atoms. The molecular weight excluding hydrogens is 430 g/mol. The summed E-state index contributed by atoms with van der Waals surface area (Å²) in [5.41, 5.74) is 4.05. The molecule has 0 nitrogen and oxygen atoms in total. The van der Waals surface area contributed by atoms with Crippen molar-refractivity contribution < 1.29 is 17.1 Å². The van der Waals surface area contributed by atoms with Crippen LogP contribution in [-0.2, 0) is 17.1 Å². The van der Waals surface area contributed by atoms with Crippen molar-refractivity contribution in [1.29, 1.82) is 0 Å². The molecule has 0 spiro atoms. The Morgan fingerprint density at radius 3 is 1.17 bits per heavy atom. The van der Waals surface area contributed by atoms with Gasteiger partial charge in [0.05, 0.1) is 0 Å². The van der Waals surface area contributed by atoms with Crippen LogP contribution in [0.5, 0.6) is 0 Å². The average molecular weight is 470 g/mol. The molecule has 0 aliphatic carbocycles. The number of hydrogen-bond donors (Lipinski definition) is 0. The van der Waals surface area contributed by atoms with Crippen LogP contribution < -0.4 is 10.6 Å². The van der Waals surface area contributed by atoms with Crippen molar-refractivity contribution in [3.8, 4) is 0 Å². The van der Waals surface area contributed by atoms with E-state index in [1.807, 2.05) is 0 Å². The van der Waals surface area contributed by atoms with E-state index in [0.29, 0.717) is 0 Å². The molecule has 0 unspecified atom stereocenters. The van der Waals surface area contributed by atoms with Crippen LogP contribution in [0.1, 0.15) is 79.1 Å². The van der Waals surface area contributed by atoms with Crippen molar-refractivity contribution in [2.24, 2.45) is 0 Å². The molecule has 2 saturated heterocycles. The second-order valence-electron chi connectivity index (χ2n) is 8.50.